The van der Waals surface area contributed by atoms with Crippen LogP contribution in [-0.2, 0) is 4.79 Å². The number of hydrogen-bond donors (Lipinski definition) is 3. The molecule has 0 unspecified atom stereocenters. The van der Waals surface area contributed by atoms with E-state index in [-0.39, 0.29) is 35.9 Å². The number of nitrogen functional groups attached to an aromatic ring is 1. The molecule has 6 heterocycles. The number of aromatic nitrogens is 3. The van der Waals surface area contributed by atoms with E-state index in [4.69, 9.17) is 5.73 Å². The molecule has 4 aliphatic rings. The molecule has 2 aromatic heterocycles. The number of likely N-dealkylation sites (tertiary alicyclic amines) is 2. The van der Waals surface area contributed by atoms with E-state index in [2.05, 4.69) is 55.1 Å². The summed E-state index contributed by atoms with van der Waals surface area (Å²) in [5.74, 6) is 0.422. The Kier molecular flexibility index (Phi) is 10.7. The minimum Gasteiger partial charge on any atom is -0.507 e. The lowest BCUT2D eigenvalue weighted by molar-refractivity contribution is -0.120. The molecular weight excluding hydrogens is 762 g/mol. The number of aromatic hydroxyl groups is 1. The summed E-state index contributed by atoms with van der Waals surface area (Å²) in [7, 11) is 0. The Hall–Kier alpha value is -6.02. The maximum atomic E-state index is 16.4. The van der Waals surface area contributed by atoms with Gasteiger partial charge in [-0.15, -0.1) is 10.2 Å². The van der Waals surface area contributed by atoms with Gasteiger partial charge in [-0.05, 0) is 98.3 Å². The number of carbonyl (C=O) groups excluding carboxylic acids is 3. The van der Waals surface area contributed by atoms with Gasteiger partial charge in [0.2, 0.25) is 5.91 Å². The first-order valence-electron chi connectivity index (χ1n) is 21.2. The molecule has 0 radical (unpaired) electrons. The molecule has 4 amide bonds. The molecular formula is C46H52FN9O4. The minimum atomic E-state index is -1.34. The number of hydrogen-bond acceptors (Lipinski definition) is 9. The largest absolute Gasteiger partial charge is 0.507 e. The van der Waals surface area contributed by atoms with Crippen LogP contribution < -0.4 is 20.9 Å². The minimum absolute atomic E-state index is 0.0505. The van der Waals surface area contributed by atoms with Gasteiger partial charge in [0.05, 0.1) is 11.4 Å². The molecule has 9 rings (SSSR count). The number of piperidine rings is 3. The van der Waals surface area contributed by atoms with E-state index in [1.165, 1.54) is 5.56 Å². The molecule has 4 saturated heterocycles. The van der Waals surface area contributed by atoms with Crippen molar-refractivity contribution in [3.05, 3.63) is 95.7 Å². The van der Waals surface area contributed by atoms with Crippen LogP contribution in [-0.4, -0.2) is 106 Å². The van der Waals surface area contributed by atoms with E-state index < -0.39 is 5.67 Å². The number of nitrogens with zero attached hydrogens (tertiary/aromatic N) is 7. The Morgan fingerprint density at radius 2 is 1.73 bits per heavy atom. The Bertz CT molecular complexity index is 2440. The molecule has 5 aromatic rings. The van der Waals surface area contributed by atoms with Gasteiger partial charge >= 0.3 is 6.03 Å². The third-order valence-corrected chi connectivity index (χ3v) is 13.2. The van der Waals surface area contributed by atoms with Crippen LogP contribution in [0.25, 0.3) is 22.2 Å². The number of halogens is 1. The summed E-state index contributed by atoms with van der Waals surface area (Å²) < 4.78 is 18.7. The van der Waals surface area contributed by atoms with E-state index in [1.54, 1.807) is 17.0 Å². The topological polar surface area (TPSA) is 153 Å². The number of para-hydroxylation sites is 1. The van der Waals surface area contributed by atoms with Crippen molar-refractivity contribution in [2.75, 3.05) is 67.9 Å². The lowest BCUT2D eigenvalue weighted by Gasteiger charge is -2.41. The molecule has 1 atom stereocenters. The monoisotopic (exact) mass is 813 g/mol. The summed E-state index contributed by atoms with van der Waals surface area (Å²) in [6.45, 7) is 6.75. The first-order chi connectivity index (χ1) is 29.0. The SMILES string of the molecule is Cc1cc(C(=O)N2CCC(F)(CN3CCC(n4ccc5cc(N6CCC(=O)NC6=O)ccc54)CC3)CC2)ccc1[C@H]1CCCN(c2cc(-c3ccccc3O)nnc2N)C1. The van der Waals surface area contributed by atoms with Crippen LogP contribution in [0.4, 0.5) is 26.4 Å². The molecule has 60 heavy (non-hydrogen) atoms. The van der Waals surface area contributed by atoms with Crippen molar-refractivity contribution in [1.29, 1.82) is 0 Å². The van der Waals surface area contributed by atoms with Crippen molar-refractivity contribution in [1.82, 2.24) is 29.9 Å². The van der Waals surface area contributed by atoms with Gasteiger partial charge in [-0.2, -0.15) is 0 Å². The summed E-state index contributed by atoms with van der Waals surface area (Å²) >= 11 is 0. The van der Waals surface area contributed by atoms with Gasteiger partial charge in [-0.3, -0.25) is 19.8 Å². The molecule has 4 fully saturated rings. The molecule has 13 nitrogen and oxygen atoms in total. The number of phenolic OH excluding ortho intramolecular Hbond substituents is 1. The van der Waals surface area contributed by atoms with Crippen LogP contribution in [0.2, 0.25) is 0 Å². The van der Waals surface area contributed by atoms with E-state index >= 15 is 4.39 Å². The molecule has 14 heteroatoms. The molecule has 0 aliphatic carbocycles. The number of amides is 4. The molecule has 0 bridgehead atoms. The van der Waals surface area contributed by atoms with Crippen LogP contribution in [0.15, 0.2) is 79.0 Å². The quantitative estimate of drug-likeness (QED) is 0.154. The van der Waals surface area contributed by atoms with Gasteiger partial charge in [0.1, 0.15) is 11.4 Å². The number of nitrogens with one attached hydrogen (secondary N) is 1. The fraction of sp³-hybridized carbons (Fsp3) is 0.413. The Morgan fingerprint density at radius 1 is 0.933 bits per heavy atom. The average Bonchev–Trinajstić information content (AvgIpc) is 3.68. The van der Waals surface area contributed by atoms with Crippen molar-refractivity contribution in [3.8, 4) is 17.0 Å². The van der Waals surface area contributed by atoms with Crippen molar-refractivity contribution < 1.29 is 23.9 Å². The summed E-state index contributed by atoms with van der Waals surface area (Å²) in [6, 6.07) is 22.9. The van der Waals surface area contributed by atoms with E-state index in [0.29, 0.717) is 67.7 Å². The zero-order chi connectivity index (χ0) is 41.5. The van der Waals surface area contributed by atoms with Crippen molar-refractivity contribution in [2.24, 2.45) is 0 Å². The van der Waals surface area contributed by atoms with Crippen LogP contribution in [0.5, 0.6) is 5.75 Å². The van der Waals surface area contributed by atoms with E-state index in [9.17, 15) is 19.5 Å². The highest BCUT2D eigenvalue weighted by Gasteiger charge is 2.39. The van der Waals surface area contributed by atoms with Crippen molar-refractivity contribution in [2.45, 2.75) is 69.5 Å². The smallest absolute Gasteiger partial charge is 0.328 e. The van der Waals surface area contributed by atoms with Gasteiger partial charge in [0.15, 0.2) is 5.82 Å². The number of alkyl halides is 1. The summed E-state index contributed by atoms with van der Waals surface area (Å²) in [6.07, 6.45) is 6.82. The third kappa shape index (κ3) is 7.87. The second-order valence-corrected chi connectivity index (χ2v) is 17.0. The van der Waals surface area contributed by atoms with Crippen molar-refractivity contribution in [3.63, 3.8) is 0 Å². The Labute approximate surface area is 348 Å². The maximum Gasteiger partial charge on any atom is 0.328 e. The second-order valence-electron chi connectivity index (χ2n) is 17.0. The zero-order valence-electron chi connectivity index (χ0n) is 34.0. The van der Waals surface area contributed by atoms with Crippen LogP contribution >= 0.6 is 0 Å². The van der Waals surface area contributed by atoms with Gasteiger partial charge in [0, 0.05) is 117 Å². The van der Waals surface area contributed by atoms with Crippen molar-refractivity contribution >= 4 is 45.9 Å². The van der Waals surface area contributed by atoms with Gasteiger partial charge < -0.3 is 30.1 Å². The highest BCUT2D eigenvalue weighted by molar-refractivity contribution is 6.06. The third-order valence-electron chi connectivity index (χ3n) is 13.2. The van der Waals surface area contributed by atoms with E-state index in [0.717, 1.165) is 79.7 Å². The number of carbonyl (C=O) groups is 3. The number of benzene rings is 3. The summed E-state index contributed by atoms with van der Waals surface area (Å²) in [5, 5.41) is 22.3. The molecule has 0 saturated carbocycles. The molecule has 4 N–H and O–H groups in total. The second kappa shape index (κ2) is 16.2. The predicted octanol–water partition coefficient (Wildman–Crippen LogP) is 6.81. The van der Waals surface area contributed by atoms with Gasteiger partial charge in [-0.1, -0.05) is 18.2 Å². The lowest BCUT2D eigenvalue weighted by Crippen LogP contribution is -2.51. The molecule has 0 spiro atoms. The molecule has 3 aromatic carbocycles. The van der Waals surface area contributed by atoms with Crippen LogP contribution in [0.3, 0.4) is 0 Å². The Morgan fingerprint density at radius 3 is 2.50 bits per heavy atom. The number of fused-ring (bicyclic) bond motifs is 1. The number of nitrogens with two attached hydrogens (primary N) is 1. The number of imide groups is 1. The first kappa shape index (κ1) is 39.4. The normalized spacial score (nSPS) is 20.4. The average molecular weight is 814 g/mol. The molecule has 312 valence electrons. The van der Waals surface area contributed by atoms with Crippen LogP contribution in [0.1, 0.15) is 78.4 Å². The lowest BCUT2D eigenvalue weighted by atomic mass is 9.86. The van der Waals surface area contributed by atoms with Crippen LogP contribution in [0, 0.1) is 6.92 Å². The number of aryl methyl sites for hydroxylation is 1. The number of anilines is 3. The number of urea groups is 1. The number of rotatable bonds is 8. The summed E-state index contributed by atoms with van der Waals surface area (Å²) in [5.41, 5.74) is 11.7. The summed E-state index contributed by atoms with van der Waals surface area (Å²) in [4.78, 5) is 45.6. The van der Waals surface area contributed by atoms with Gasteiger partial charge in [-0.25, -0.2) is 9.18 Å². The highest BCUT2D eigenvalue weighted by atomic mass is 19.1. The number of phenols is 1. The molecule has 4 aliphatic heterocycles. The maximum absolute atomic E-state index is 16.4. The Balaban J connectivity index is 0.774. The van der Waals surface area contributed by atoms with E-state index in [1.807, 2.05) is 53.4 Å². The predicted molar refractivity (Wildman–Crippen MR) is 230 cm³/mol. The first-order valence-corrected chi connectivity index (χ1v) is 21.2. The zero-order valence-corrected chi connectivity index (χ0v) is 34.0. The standard InChI is InChI=1S/C46H52FN9O4/c1-30-25-32(8-10-36(30)33-5-4-18-54(28-33)40-27-38(50-51-43(40)48)37-6-2-3-7-41(37)57)44(59)53-23-16-46(47,17-24-53)29-52-19-13-34(14-20-52)55-21-12-31-26-35(9-11-39(31)55)56-22-15-42(58)49-45(56)60/h2-3,6-12,21,25-27,33-34,57H,4-5,13-20,22-24,28-29H2,1H3,(H2,48,51)(H,49,58,60)/t33-/m0/s1. The fourth-order valence-electron chi connectivity index (χ4n) is 9.84. The van der Waals surface area contributed by atoms with Gasteiger partial charge in [0.25, 0.3) is 5.91 Å². The highest BCUT2D eigenvalue weighted by Crippen LogP contribution is 2.38. The fourth-order valence-corrected chi connectivity index (χ4v) is 9.84.